The lowest BCUT2D eigenvalue weighted by molar-refractivity contribution is -0.302. The summed E-state index contributed by atoms with van der Waals surface area (Å²) in [5.41, 5.74) is 0. The molecule has 0 aromatic carbocycles. The number of aliphatic hydroxyl groups is 5. The van der Waals surface area contributed by atoms with Gasteiger partial charge in [0, 0.05) is 6.42 Å². The zero-order valence-corrected chi connectivity index (χ0v) is 45.2. The van der Waals surface area contributed by atoms with Gasteiger partial charge in [-0.2, -0.15) is 0 Å². The summed E-state index contributed by atoms with van der Waals surface area (Å²) in [6, 6.07) is -0.712. The standard InChI is InChI=1S/C59H117NO8/c1-3-5-7-9-11-13-15-17-18-19-20-21-22-23-24-25-26-27-28-29-30-31-32-33-34-35-37-39-41-43-45-47-49-55(63)60-52(51-67-59-58(66)57(65)56(64)54(50-61)68-59)53(62)48-46-44-42-40-38-36-16-14-12-10-8-6-4-2/h52-54,56-59,61-62,64-66H,3-51H2,1-2H3,(H,60,63)/t52-,53+,54+,56-,57?,58?,59+/m0/s1. The molecule has 0 radical (unpaired) electrons. The van der Waals surface area contributed by atoms with Gasteiger partial charge in [-0.25, -0.2) is 0 Å². The van der Waals surface area contributed by atoms with Crippen LogP contribution in [0.5, 0.6) is 0 Å². The van der Waals surface area contributed by atoms with Gasteiger partial charge in [0.25, 0.3) is 0 Å². The zero-order chi connectivity index (χ0) is 49.4. The molecule has 0 bridgehead atoms. The third kappa shape index (κ3) is 38.8. The van der Waals surface area contributed by atoms with Crippen molar-refractivity contribution in [3.05, 3.63) is 0 Å². The van der Waals surface area contributed by atoms with Crippen LogP contribution in [-0.4, -0.2) is 87.5 Å². The highest BCUT2D eigenvalue weighted by Gasteiger charge is 2.44. The SMILES string of the molecule is CCCCCCCCCCCCCCCCCCCCCCCCCCCCCCCCCCC(=O)N[C@@H](CO[C@@H]1O[C@H](CO)[C@H](O)C(O)C1O)[C@H](O)CCCCCCCCCCCCCCC. The Morgan fingerprint density at radius 1 is 0.441 bits per heavy atom. The van der Waals surface area contributed by atoms with Crippen LogP contribution in [0.3, 0.4) is 0 Å². The van der Waals surface area contributed by atoms with E-state index in [1.807, 2.05) is 0 Å². The van der Waals surface area contributed by atoms with Crippen LogP contribution in [0.25, 0.3) is 0 Å². The minimum absolute atomic E-state index is 0.131. The monoisotopic (exact) mass is 968 g/mol. The normalized spacial score (nSPS) is 19.4. The number of aliphatic hydroxyl groups excluding tert-OH is 5. The zero-order valence-electron chi connectivity index (χ0n) is 45.2. The maximum atomic E-state index is 13.1. The fourth-order valence-corrected chi connectivity index (χ4v) is 10.2. The van der Waals surface area contributed by atoms with Gasteiger partial charge in [0.2, 0.25) is 5.91 Å². The highest BCUT2D eigenvalue weighted by atomic mass is 16.7. The molecule has 1 amide bonds. The molecule has 1 rings (SSSR count). The molecule has 0 aliphatic carbocycles. The maximum Gasteiger partial charge on any atom is 0.220 e. The van der Waals surface area contributed by atoms with Gasteiger partial charge >= 0.3 is 0 Å². The minimum Gasteiger partial charge on any atom is -0.394 e. The summed E-state index contributed by atoms with van der Waals surface area (Å²) in [7, 11) is 0. The van der Waals surface area contributed by atoms with Gasteiger partial charge in [-0.1, -0.05) is 296 Å². The van der Waals surface area contributed by atoms with E-state index in [1.165, 1.54) is 250 Å². The molecule has 7 atom stereocenters. The first-order chi connectivity index (χ1) is 33.3. The number of hydrogen-bond donors (Lipinski definition) is 6. The molecule has 2 unspecified atom stereocenters. The molecular formula is C59H117NO8. The Morgan fingerprint density at radius 2 is 0.735 bits per heavy atom. The Balaban J connectivity index is 2.07. The highest BCUT2D eigenvalue weighted by Crippen LogP contribution is 2.24. The molecule has 1 aliphatic heterocycles. The van der Waals surface area contributed by atoms with E-state index in [0.717, 1.165) is 38.5 Å². The fourth-order valence-electron chi connectivity index (χ4n) is 10.2. The summed E-state index contributed by atoms with van der Waals surface area (Å²) < 4.78 is 11.3. The number of amides is 1. The first-order valence-electron chi connectivity index (χ1n) is 30.2. The van der Waals surface area contributed by atoms with Crippen LogP contribution in [0.1, 0.15) is 316 Å². The van der Waals surface area contributed by atoms with Crippen LogP contribution in [-0.2, 0) is 14.3 Å². The van der Waals surface area contributed by atoms with Crippen LogP contribution in [0, 0.1) is 0 Å². The Morgan fingerprint density at radius 3 is 1.04 bits per heavy atom. The minimum atomic E-state index is -1.55. The first kappa shape index (κ1) is 65.2. The lowest BCUT2D eigenvalue weighted by atomic mass is 9.99. The summed E-state index contributed by atoms with van der Waals surface area (Å²) in [5.74, 6) is -0.137. The number of rotatable bonds is 53. The molecule has 1 aliphatic rings. The lowest BCUT2D eigenvalue weighted by Crippen LogP contribution is -2.60. The summed E-state index contributed by atoms with van der Waals surface area (Å²) in [5, 5.41) is 54.6. The van der Waals surface area contributed by atoms with Crippen LogP contribution < -0.4 is 5.32 Å². The van der Waals surface area contributed by atoms with Crippen molar-refractivity contribution in [2.24, 2.45) is 0 Å². The van der Waals surface area contributed by atoms with Crippen molar-refractivity contribution >= 4 is 5.91 Å². The lowest BCUT2D eigenvalue weighted by Gasteiger charge is -2.40. The Kier molecular flexibility index (Phi) is 47.7. The highest BCUT2D eigenvalue weighted by molar-refractivity contribution is 5.76. The Bertz CT molecular complexity index is 1030. The van der Waals surface area contributed by atoms with Crippen LogP contribution in [0.2, 0.25) is 0 Å². The summed E-state index contributed by atoms with van der Waals surface area (Å²) >= 11 is 0. The summed E-state index contributed by atoms with van der Waals surface area (Å²) in [4.78, 5) is 13.1. The fraction of sp³-hybridized carbons (Fsp3) is 0.983. The van der Waals surface area contributed by atoms with Crippen LogP contribution in [0.15, 0.2) is 0 Å². The molecule has 1 saturated heterocycles. The molecule has 1 fully saturated rings. The van der Waals surface area contributed by atoms with Crippen molar-refractivity contribution < 1.29 is 39.8 Å². The third-order valence-electron chi connectivity index (χ3n) is 15.0. The Labute approximate surface area is 421 Å². The average Bonchev–Trinajstić information content (AvgIpc) is 3.34. The predicted octanol–water partition coefficient (Wildman–Crippen LogP) is 15.0. The smallest absolute Gasteiger partial charge is 0.220 e. The van der Waals surface area contributed by atoms with E-state index in [-0.39, 0.29) is 12.5 Å². The molecule has 406 valence electrons. The molecule has 9 nitrogen and oxygen atoms in total. The number of carbonyl (C=O) groups is 1. The van der Waals surface area contributed by atoms with Gasteiger partial charge in [0.1, 0.15) is 24.4 Å². The molecule has 9 heteroatoms. The van der Waals surface area contributed by atoms with Gasteiger partial charge in [0.05, 0.1) is 25.4 Å². The molecule has 68 heavy (non-hydrogen) atoms. The molecular weight excluding hydrogens is 851 g/mol. The van der Waals surface area contributed by atoms with Gasteiger partial charge in [-0.15, -0.1) is 0 Å². The number of hydrogen-bond acceptors (Lipinski definition) is 8. The molecule has 1 heterocycles. The summed E-state index contributed by atoms with van der Waals surface area (Å²) in [6.45, 7) is 3.87. The van der Waals surface area contributed by atoms with Crippen LogP contribution in [0.4, 0.5) is 0 Å². The maximum absolute atomic E-state index is 13.1. The van der Waals surface area contributed by atoms with Crippen molar-refractivity contribution in [2.45, 2.75) is 358 Å². The van der Waals surface area contributed by atoms with Gasteiger partial charge in [0.15, 0.2) is 6.29 Å². The molecule has 0 aromatic rings. The summed E-state index contributed by atoms with van der Waals surface area (Å²) in [6.07, 6.45) is 53.0. The van der Waals surface area contributed by atoms with E-state index in [2.05, 4.69) is 19.2 Å². The van der Waals surface area contributed by atoms with Crippen molar-refractivity contribution in [1.29, 1.82) is 0 Å². The van der Waals surface area contributed by atoms with E-state index < -0.39 is 49.5 Å². The number of nitrogens with one attached hydrogen (secondary N) is 1. The number of ether oxygens (including phenoxy) is 2. The molecule has 0 spiro atoms. The van der Waals surface area contributed by atoms with Crippen molar-refractivity contribution in [2.75, 3.05) is 13.2 Å². The second-order valence-corrected chi connectivity index (χ2v) is 21.5. The second-order valence-electron chi connectivity index (χ2n) is 21.5. The molecule has 0 aromatic heterocycles. The Hall–Kier alpha value is -0.810. The van der Waals surface area contributed by atoms with Crippen molar-refractivity contribution in [1.82, 2.24) is 5.32 Å². The van der Waals surface area contributed by atoms with E-state index in [0.29, 0.717) is 12.8 Å². The van der Waals surface area contributed by atoms with E-state index in [9.17, 15) is 30.3 Å². The predicted molar refractivity (Wildman–Crippen MR) is 286 cm³/mol. The second kappa shape index (κ2) is 49.8. The van der Waals surface area contributed by atoms with E-state index >= 15 is 0 Å². The van der Waals surface area contributed by atoms with E-state index in [4.69, 9.17) is 9.47 Å². The van der Waals surface area contributed by atoms with Crippen molar-refractivity contribution in [3.8, 4) is 0 Å². The quantitative estimate of drug-likeness (QED) is 0.0330. The van der Waals surface area contributed by atoms with Crippen LogP contribution >= 0.6 is 0 Å². The third-order valence-corrected chi connectivity index (χ3v) is 15.0. The van der Waals surface area contributed by atoms with Gasteiger partial charge in [-0.3, -0.25) is 4.79 Å². The molecule has 6 N–H and O–H groups in total. The molecule has 0 saturated carbocycles. The average molecular weight is 969 g/mol. The van der Waals surface area contributed by atoms with Crippen molar-refractivity contribution in [3.63, 3.8) is 0 Å². The topological polar surface area (TPSA) is 149 Å². The largest absolute Gasteiger partial charge is 0.394 e. The number of unbranched alkanes of at least 4 members (excludes halogenated alkanes) is 43. The van der Waals surface area contributed by atoms with Gasteiger partial charge < -0.3 is 40.3 Å². The van der Waals surface area contributed by atoms with Gasteiger partial charge in [-0.05, 0) is 12.8 Å². The van der Waals surface area contributed by atoms with E-state index in [1.54, 1.807) is 0 Å². The first-order valence-corrected chi connectivity index (χ1v) is 30.2. The number of carbonyl (C=O) groups excluding carboxylic acids is 1.